The van der Waals surface area contributed by atoms with E-state index in [-0.39, 0.29) is 12.4 Å². The highest BCUT2D eigenvalue weighted by molar-refractivity contribution is 6.01. The third-order valence-corrected chi connectivity index (χ3v) is 2.45. The first-order chi connectivity index (χ1) is 8.56. The van der Waals surface area contributed by atoms with E-state index >= 15 is 0 Å². The molecule has 1 unspecified atom stereocenters. The third kappa shape index (κ3) is 3.81. The number of carbonyl (C=O) groups is 2. The van der Waals surface area contributed by atoms with Crippen molar-refractivity contribution in [3.8, 4) is 0 Å². The molecule has 1 rings (SSSR count). The second-order valence-corrected chi connectivity index (χ2v) is 3.69. The first kappa shape index (κ1) is 14.1. The Hall–Kier alpha value is -1.95. The van der Waals surface area contributed by atoms with Crippen LogP contribution >= 0.6 is 0 Å². The molecule has 98 valence electrons. The zero-order chi connectivity index (χ0) is 13.5. The Bertz CT molecular complexity index is 437. The second-order valence-electron chi connectivity index (χ2n) is 3.69. The van der Waals surface area contributed by atoms with Gasteiger partial charge in [-0.25, -0.2) is 9.18 Å². The normalized spacial score (nSPS) is 11.9. The lowest BCUT2D eigenvalue weighted by Crippen LogP contribution is -2.48. The van der Waals surface area contributed by atoms with Gasteiger partial charge in [-0.3, -0.25) is 10.1 Å². The fourth-order valence-corrected chi connectivity index (χ4v) is 1.49. The number of nitrogens with one attached hydrogen (secondary N) is 2. The topological polar surface area (TPSA) is 78.4 Å². The van der Waals surface area contributed by atoms with Crippen molar-refractivity contribution < 1.29 is 19.1 Å². The van der Waals surface area contributed by atoms with E-state index in [2.05, 4.69) is 10.6 Å². The highest BCUT2D eigenvalue weighted by Gasteiger charge is 2.23. The van der Waals surface area contributed by atoms with Gasteiger partial charge >= 0.3 is 5.97 Å². The number of carboxylic acid groups (broad SMARTS) is 1. The Morgan fingerprint density at radius 1 is 1.39 bits per heavy atom. The second kappa shape index (κ2) is 6.70. The first-order valence-corrected chi connectivity index (χ1v) is 5.47. The molecule has 0 fully saturated rings. The van der Waals surface area contributed by atoms with E-state index in [0.29, 0.717) is 12.0 Å². The molecule has 0 saturated heterocycles. The molecule has 0 aliphatic carbocycles. The molecule has 0 saturated carbocycles. The van der Waals surface area contributed by atoms with Crippen molar-refractivity contribution >= 4 is 11.9 Å². The average molecular weight is 254 g/mol. The molecular weight excluding hydrogens is 239 g/mol. The van der Waals surface area contributed by atoms with Crippen LogP contribution in [0, 0.1) is 5.82 Å². The molecule has 1 amide bonds. The third-order valence-electron chi connectivity index (χ3n) is 2.45. The number of likely N-dealkylation sites (N-methyl/N-ethyl adjacent to an activating group) is 1. The summed E-state index contributed by atoms with van der Waals surface area (Å²) >= 11 is 0. The van der Waals surface area contributed by atoms with E-state index < -0.39 is 17.9 Å². The van der Waals surface area contributed by atoms with Gasteiger partial charge in [0.15, 0.2) is 6.04 Å². The maximum Gasteiger partial charge on any atom is 0.330 e. The molecule has 0 heterocycles. The van der Waals surface area contributed by atoms with Crippen LogP contribution in [-0.2, 0) is 16.0 Å². The van der Waals surface area contributed by atoms with Crippen molar-refractivity contribution in [3.63, 3.8) is 0 Å². The van der Waals surface area contributed by atoms with Crippen LogP contribution in [0.1, 0.15) is 5.56 Å². The molecule has 0 aliphatic rings. The van der Waals surface area contributed by atoms with Crippen molar-refractivity contribution in [3.05, 3.63) is 35.6 Å². The smallest absolute Gasteiger partial charge is 0.330 e. The lowest BCUT2D eigenvalue weighted by molar-refractivity contribution is -0.143. The van der Waals surface area contributed by atoms with Crippen LogP contribution in [0.15, 0.2) is 24.3 Å². The fraction of sp³-hybridized carbons (Fsp3) is 0.333. The number of hydrogen-bond donors (Lipinski definition) is 3. The van der Waals surface area contributed by atoms with Crippen molar-refractivity contribution in [2.75, 3.05) is 13.6 Å². The zero-order valence-corrected chi connectivity index (χ0v) is 9.94. The summed E-state index contributed by atoms with van der Waals surface area (Å²) in [6.45, 7) is 0.186. The van der Waals surface area contributed by atoms with Gasteiger partial charge in [0.05, 0.1) is 0 Å². The fourth-order valence-electron chi connectivity index (χ4n) is 1.49. The summed E-state index contributed by atoms with van der Waals surface area (Å²) in [6, 6.07) is 4.96. The molecule has 18 heavy (non-hydrogen) atoms. The standard InChI is InChI=1S/C12H15FN2O3/c1-14-10(12(17)18)11(16)15-7-6-8-4-2-3-5-9(8)13/h2-5,10,14H,6-7H2,1H3,(H,15,16)(H,17,18). The van der Waals surface area contributed by atoms with E-state index in [4.69, 9.17) is 5.11 Å². The highest BCUT2D eigenvalue weighted by atomic mass is 19.1. The Morgan fingerprint density at radius 3 is 2.61 bits per heavy atom. The molecule has 0 bridgehead atoms. The van der Waals surface area contributed by atoms with Gasteiger partial charge in [0.2, 0.25) is 5.91 Å². The summed E-state index contributed by atoms with van der Waals surface area (Å²) in [7, 11) is 1.38. The maximum atomic E-state index is 13.2. The van der Waals surface area contributed by atoms with Gasteiger partial charge in [-0.05, 0) is 25.1 Å². The molecule has 1 aromatic rings. The SMILES string of the molecule is CNC(C(=O)O)C(=O)NCCc1ccccc1F. The molecule has 1 aromatic carbocycles. The van der Waals surface area contributed by atoms with E-state index in [1.165, 1.54) is 13.1 Å². The molecule has 0 radical (unpaired) electrons. The van der Waals surface area contributed by atoms with Crippen molar-refractivity contribution in [2.24, 2.45) is 0 Å². The van der Waals surface area contributed by atoms with Crippen LogP contribution in [0.25, 0.3) is 0 Å². The average Bonchev–Trinajstić information content (AvgIpc) is 2.32. The lowest BCUT2D eigenvalue weighted by Gasteiger charge is -2.11. The predicted octanol–water partition coefficient (Wildman–Crippen LogP) is 0.157. The Labute approximate surface area is 104 Å². The summed E-state index contributed by atoms with van der Waals surface area (Å²) < 4.78 is 13.2. The van der Waals surface area contributed by atoms with E-state index in [9.17, 15) is 14.0 Å². The summed E-state index contributed by atoms with van der Waals surface area (Å²) in [5.74, 6) is -2.22. The summed E-state index contributed by atoms with van der Waals surface area (Å²) in [6.07, 6.45) is 0.314. The van der Waals surface area contributed by atoms with E-state index in [0.717, 1.165) is 0 Å². The molecule has 0 aliphatic heterocycles. The minimum atomic E-state index is -1.29. The molecule has 0 spiro atoms. The number of halogens is 1. The predicted molar refractivity (Wildman–Crippen MR) is 63.6 cm³/mol. The van der Waals surface area contributed by atoms with Crippen LogP contribution in [0.5, 0.6) is 0 Å². The summed E-state index contributed by atoms with van der Waals surface area (Å²) in [4.78, 5) is 22.1. The summed E-state index contributed by atoms with van der Waals surface area (Å²) in [5.41, 5.74) is 0.481. The molecule has 1 atom stereocenters. The van der Waals surface area contributed by atoms with E-state index in [1.54, 1.807) is 18.2 Å². The number of rotatable bonds is 6. The van der Waals surface area contributed by atoms with Crippen LogP contribution in [0.3, 0.4) is 0 Å². The molecule has 0 aromatic heterocycles. The van der Waals surface area contributed by atoms with Crippen molar-refractivity contribution in [1.82, 2.24) is 10.6 Å². The quantitative estimate of drug-likeness (QED) is 0.632. The van der Waals surface area contributed by atoms with Crippen LogP contribution in [0.2, 0.25) is 0 Å². The Morgan fingerprint density at radius 2 is 2.06 bits per heavy atom. The molecule has 3 N–H and O–H groups in total. The molecule has 6 heteroatoms. The van der Waals surface area contributed by atoms with Gasteiger partial charge < -0.3 is 10.4 Å². The number of amides is 1. The minimum absolute atomic E-state index is 0.186. The van der Waals surface area contributed by atoms with Crippen LogP contribution < -0.4 is 10.6 Å². The monoisotopic (exact) mass is 254 g/mol. The number of carbonyl (C=O) groups excluding carboxylic acids is 1. The van der Waals surface area contributed by atoms with Crippen molar-refractivity contribution in [2.45, 2.75) is 12.5 Å². The van der Waals surface area contributed by atoms with E-state index in [1.807, 2.05) is 0 Å². The highest BCUT2D eigenvalue weighted by Crippen LogP contribution is 2.06. The molecular formula is C12H15FN2O3. The lowest BCUT2D eigenvalue weighted by atomic mass is 10.1. The van der Waals surface area contributed by atoms with Gasteiger partial charge in [0.1, 0.15) is 5.82 Å². The number of benzene rings is 1. The van der Waals surface area contributed by atoms with Gasteiger partial charge in [0.25, 0.3) is 0 Å². The van der Waals surface area contributed by atoms with Gasteiger partial charge in [-0.1, -0.05) is 18.2 Å². The first-order valence-electron chi connectivity index (χ1n) is 5.47. The number of carboxylic acids is 1. The largest absolute Gasteiger partial charge is 0.480 e. The van der Waals surface area contributed by atoms with Crippen molar-refractivity contribution in [1.29, 1.82) is 0 Å². The van der Waals surface area contributed by atoms with Gasteiger partial charge in [-0.2, -0.15) is 0 Å². The van der Waals surface area contributed by atoms with Crippen LogP contribution in [0.4, 0.5) is 4.39 Å². The Balaban J connectivity index is 2.45. The molecule has 5 nitrogen and oxygen atoms in total. The number of aliphatic carboxylic acids is 1. The van der Waals surface area contributed by atoms with Crippen LogP contribution in [-0.4, -0.2) is 36.6 Å². The maximum absolute atomic E-state index is 13.2. The minimum Gasteiger partial charge on any atom is -0.480 e. The summed E-state index contributed by atoms with van der Waals surface area (Å²) in [5, 5.41) is 13.5. The Kier molecular flexibility index (Phi) is 5.26. The van der Waals surface area contributed by atoms with Gasteiger partial charge in [-0.15, -0.1) is 0 Å². The zero-order valence-electron chi connectivity index (χ0n) is 9.94. The van der Waals surface area contributed by atoms with Gasteiger partial charge in [0, 0.05) is 6.54 Å². The number of hydrogen-bond acceptors (Lipinski definition) is 3.